The van der Waals surface area contributed by atoms with Crippen molar-refractivity contribution in [3.8, 4) is 0 Å². The van der Waals surface area contributed by atoms with Crippen molar-refractivity contribution >= 4 is 11.9 Å². The lowest BCUT2D eigenvalue weighted by Crippen LogP contribution is -2.57. The zero-order chi connectivity index (χ0) is 16.0. The van der Waals surface area contributed by atoms with Crippen molar-refractivity contribution in [1.82, 2.24) is 5.32 Å². The maximum atomic E-state index is 12.1. The highest BCUT2D eigenvalue weighted by Crippen LogP contribution is 2.17. The number of hydrogen-bond donors (Lipinski definition) is 2. The summed E-state index contributed by atoms with van der Waals surface area (Å²) in [5, 5.41) is 2.88. The van der Waals surface area contributed by atoms with Gasteiger partial charge >= 0.3 is 5.97 Å². The third-order valence-electron chi connectivity index (χ3n) is 3.91. The van der Waals surface area contributed by atoms with Crippen molar-refractivity contribution in [2.45, 2.75) is 24.8 Å². The van der Waals surface area contributed by atoms with Gasteiger partial charge in [0.15, 0.2) is 0 Å². The number of ether oxygens (including phenoxy) is 2. The van der Waals surface area contributed by atoms with E-state index in [0.717, 1.165) is 5.56 Å². The lowest BCUT2D eigenvalue weighted by molar-refractivity contribution is -0.129. The summed E-state index contributed by atoms with van der Waals surface area (Å²) in [5.74, 6) is -0.480. The summed E-state index contributed by atoms with van der Waals surface area (Å²) in [7, 11) is 1.35. The van der Waals surface area contributed by atoms with E-state index in [4.69, 9.17) is 10.5 Å². The molecule has 3 N–H and O–H groups in total. The van der Waals surface area contributed by atoms with Gasteiger partial charge in [-0.1, -0.05) is 12.1 Å². The Hall–Kier alpha value is -1.92. The molecule has 0 aromatic heterocycles. The molecule has 1 aliphatic rings. The van der Waals surface area contributed by atoms with E-state index in [2.05, 4.69) is 10.1 Å². The molecule has 1 heterocycles. The smallest absolute Gasteiger partial charge is 0.337 e. The zero-order valence-electron chi connectivity index (χ0n) is 12.8. The van der Waals surface area contributed by atoms with Gasteiger partial charge in [0.2, 0.25) is 5.91 Å². The molecule has 1 saturated heterocycles. The topological polar surface area (TPSA) is 90.7 Å². The highest BCUT2D eigenvalue weighted by molar-refractivity contribution is 5.89. The number of amides is 1. The number of benzene rings is 1. The summed E-state index contributed by atoms with van der Waals surface area (Å²) in [6.45, 7) is 1.56. The molecular formula is C16H22N2O4. The quantitative estimate of drug-likeness (QED) is 0.779. The van der Waals surface area contributed by atoms with Crippen LogP contribution >= 0.6 is 0 Å². The van der Waals surface area contributed by atoms with Gasteiger partial charge in [0.05, 0.1) is 18.2 Å². The number of nitrogens with one attached hydrogen (secondary N) is 1. The molecule has 0 bridgehead atoms. The minimum Gasteiger partial charge on any atom is -0.465 e. The van der Waals surface area contributed by atoms with Crippen LogP contribution in [0, 0.1) is 0 Å². The number of carbonyl (C=O) groups excluding carboxylic acids is 2. The van der Waals surface area contributed by atoms with E-state index in [9.17, 15) is 9.59 Å². The van der Waals surface area contributed by atoms with E-state index in [1.165, 1.54) is 7.11 Å². The van der Waals surface area contributed by atoms with Gasteiger partial charge in [-0.25, -0.2) is 4.79 Å². The van der Waals surface area contributed by atoms with E-state index >= 15 is 0 Å². The van der Waals surface area contributed by atoms with Crippen molar-refractivity contribution in [2.75, 3.05) is 26.9 Å². The molecule has 120 valence electrons. The lowest BCUT2D eigenvalue weighted by Gasteiger charge is -2.31. The second-order valence-corrected chi connectivity index (χ2v) is 5.46. The Morgan fingerprint density at radius 2 is 1.91 bits per heavy atom. The first-order valence-electron chi connectivity index (χ1n) is 7.37. The second kappa shape index (κ2) is 7.38. The van der Waals surface area contributed by atoms with E-state index in [-0.39, 0.29) is 11.9 Å². The highest BCUT2D eigenvalue weighted by atomic mass is 16.5. The molecule has 1 aromatic rings. The molecule has 0 saturated carbocycles. The van der Waals surface area contributed by atoms with Gasteiger partial charge in [-0.2, -0.15) is 0 Å². The molecule has 1 aromatic carbocycles. The Morgan fingerprint density at radius 3 is 2.50 bits per heavy atom. The monoisotopic (exact) mass is 306 g/mol. The van der Waals surface area contributed by atoms with Gasteiger partial charge in [0.25, 0.3) is 0 Å². The van der Waals surface area contributed by atoms with Gasteiger partial charge in [-0.3, -0.25) is 4.79 Å². The van der Waals surface area contributed by atoms with Crippen LogP contribution in [0.4, 0.5) is 0 Å². The summed E-state index contributed by atoms with van der Waals surface area (Å²) in [6, 6.07) is 7.13. The van der Waals surface area contributed by atoms with Crippen molar-refractivity contribution in [3.05, 3.63) is 35.4 Å². The first kappa shape index (κ1) is 16.5. The third kappa shape index (κ3) is 4.05. The average Bonchev–Trinajstić information content (AvgIpc) is 2.55. The van der Waals surface area contributed by atoms with Crippen molar-refractivity contribution in [1.29, 1.82) is 0 Å². The molecule has 1 amide bonds. The van der Waals surface area contributed by atoms with Crippen LogP contribution in [-0.4, -0.2) is 44.3 Å². The molecular weight excluding hydrogens is 284 g/mol. The molecule has 6 nitrogen and oxygen atoms in total. The van der Waals surface area contributed by atoms with Crippen LogP contribution in [0.2, 0.25) is 0 Å². The van der Waals surface area contributed by atoms with Crippen molar-refractivity contribution < 1.29 is 19.1 Å². The maximum Gasteiger partial charge on any atom is 0.337 e. The number of carbonyl (C=O) groups is 2. The van der Waals surface area contributed by atoms with Crippen LogP contribution < -0.4 is 11.1 Å². The van der Waals surface area contributed by atoms with E-state index < -0.39 is 5.54 Å². The lowest BCUT2D eigenvalue weighted by atomic mass is 9.90. The Morgan fingerprint density at radius 1 is 1.27 bits per heavy atom. The summed E-state index contributed by atoms with van der Waals surface area (Å²) < 4.78 is 9.88. The Balaban J connectivity index is 1.80. The molecule has 0 radical (unpaired) electrons. The SMILES string of the molecule is COC(=O)c1ccc(CCNC(=O)C2(N)CCOCC2)cc1. The minimum atomic E-state index is -0.813. The number of hydrogen-bond acceptors (Lipinski definition) is 5. The van der Waals surface area contributed by atoms with Crippen LogP contribution in [-0.2, 0) is 20.7 Å². The molecule has 6 heteroatoms. The summed E-state index contributed by atoms with van der Waals surface area (Å²) in [4.78, 5) is 23.5. The number of nitrogens with two attached hydrogens (primary N) is 1. The molecule has 22 heavy (non-hydrogen) atoms. The first-order chi connectivity index (χ1) is 10.5. The fourth-order valence-corrected chi connectivity index (χ4v) is 2.38. The predicted octanol–water partition coefficient (Wildman–Crippen LogP) is 0.640. The minimum absolute atomic E-state index is 0.123. The van der Waals surface area contributed by atoms with Crippen LogP contribution in [0.15, 0.2) is 24.3 Å². The third-order valence-corrected chi connectivity index (χ3v) is 3.91. The number of esters is 1. The first-order valence-corrected chi connectivity index (χ1v) is 7.37. The Labute approximate surface area is 130 Å². The molecule has 0 unspecified atom stereocenters. The van der Waals surface area contributed by atoms with Crippen LogP contribution in [0.25, 0.3) is 0 Å². The van der Waals surface area contributed by atoms with Crippen LogP contribution in [0.5, 0.6) is 0 Å². The van der Waals surface area contributed by atoms with Crippen LogP contribution in [0.1, 0.15) is 28.8 Å². The van der Waals surface area contributed by atoms with Gasteiger partial charge < -0.3 is 20.5 Å². The Kier molecular flexibility index (Phi) is 5.51. The van der Waals surface area contributed by atoms with E-state index in [1.54, 1.807) is 12.1 Å². The van der Waals surface area contributed by atoms with Gasteiger partial charge in [0.1, 0.15) is 0 Å². The number of methoxy groups -OCH3 is 1. The fourth-order valence-electron chi connectivity index (χ4n) is 2.38. The van der Waals surface area contributed by atoms with Crippen molar-refractivity contribution in [3.63, 3.8) is 0 Å². The fraction of sp³-hybridized carbons (Fsp3) is 0.500. The van der Waals surface area contributed by atoms with Gasteiger partial charge in [-0.05, 0) is 37.0 Å². The normalized spacial score (nSPS) is 16.8. The summed E-state index contributed by atoms with van der Waals surface area (Å²) in [5.41, 5.74) is 6.84. The number of rotatable bonds is 5. The molecule has 0 spiro atoms. The summed E-state index contributed by atoms with van der Waals surface area (Å²) >= 11 is 0. The van der Waals surface area contributed by atoms with Crippen LogP contribution in [0.3, 0.4) is 0 Å². The van der Waals surface area contributed by atoms with Gasteiger partial charge in [-0.15, -0.1) is 0 Å². The highest BCUT2D eigenvalue weighted by Gasteiger charge is 2.35. The van der Waals surface area contributed by atoms with Gasteiger partial charge in [0, 0.05) is 19.8 Å². The summed E-state index contributed by atoms with van der Waals surface area (Å²) in [6.07, 6.45) is 1.78. The molecule has 0 aliphatic carbocycles. The average molecular weight is 306 g/mol. The molecule has 1 aliphatic heterocycles. The molecule has 0 atom stereocenters. The van der Waals surface area contributed by atoms with Crippen molar-refractivity contribution in [2.24, 2.45) is 5.73 Å². The maximum absolute atomic E-state index is 12.1. The van der Waals surface area contributed by atoms with E-state index in [1.807, 2.05) is 12.1 Å². The van der Waals surface area contributed by atoms with E-state index in [0.29, 0.717) is 44.6 Å². The molecule has 1 fully saturated rings. The standard InChI is InChI=1S/C16H22N2O4/c1-21-14(19)13-4-2-12(3-5-13)6-9-18-15(20)16(17)7-10-22-11-8-16/h2-5H,6-11,17H2,1H3,(H,18,20). The largest absolute Gasteiger partial charge is 0.465 e. The zero-order valence-corrected chi connectivity index (χ0v) is 12.8. The molecule has 2 rings (SSSR count). The Bertz CT molecular complexity index is 521. The predicted molar refractivity (Wildman–Crippen MR) is 81.5 cm³/mol. The second-order valence-electron chi connectivity index (χ2n) is 5.46.